The second-order valence-corrected chi connectivity index (χ2v) is 6.41. The van der Waals surface area contributed by atoms with Gasteiger partial charge in [-0.3, -0.25) is 9.69 Å². The Morgan fingerprint density at radius 1 is 1.14 bits per heavy atom. The molecular weight excluding hydrogens is 272 g/mol. The highest BCUT2D eigenvalue weighted by atomic mass is 16.2. The summed E-state index contributed by atoms with van der Waals surface area (Å²) >= 11 is 0. The maximum absolute atomic E-state index is 12.6. The lowest BCUT2D eigenvalue weighted by molar-refractivity contribution is -0.121. The number of hydrogen-bond acceptors (Lipinski definition) is 2. The predicted octanol–water partition coefficient (Wildman–Crippen LogP) is 3.90. The van der Waals surface area contributed by atoms with Crippen molar-refractivity contribution in [1.82, 2.24) is 4.90 Å². The zero-order valence-corrected chi connectivity index (χ0v) is 13.4. The van der Waals surface area contributed by atoms with Crippen molar-refractivity contribution in [2.45, 2.75) is 32.7 Å². The first-order valence-electron chi connectivity index (χ1n) is 8.18. The largest absolute Gasteiger partial charge is 0.324 e. The molecule has 1 N–H and O–H groups in total. The van der Waals surface area contributed by atoms with E-state index < -0.39 is 0 Å². The van der Waals surface area contributed by atoms with Gasteiger partial charge in [0.05, 0.1) is 6.04 Å². The molecule has 0 aliphatic carbocycles. The Morgan fingerprint density at radius 3 is 2.59 bits per heavy atom. The lowest BCUT2D eigenvalue weighted by Gasteiger charge is -2.34. The third-order valence-corrected chi connectivity index (χ3v) is 4.79. The quantitative estimate of drug-likeness (QED) is 0.931. The first-order valence-corrected chi connectivity index (χ1v) is 8.18. The van der Waals surface area contributed by atoms with Crippen LogP contribution in [-0.2, 0) is 4.79 Å². The highest BCUT2D eigenvalue weighted by molar-refractivity contribution is 6.03. The normalized spacial score (nSPS) is 18.3. The highest BCUT2D eigenvalue weighted by Gasteiger charge is 2.25. The average Bonchev–Trinajstić information content (AvgIpc) is 2.55. The van der Waals surface area contributed by atoms with Crippen molar-refractivity contribution in [3.8, 4) is 0 Å². The van der Waals surface area contributed by atoms with Crippen molar-refractivity contribution in [2.24, 2.45) is 5.92 Å². The monoisotopic (exact) mass is 296 g/mol. The van der Waals surface area contributed by atoms with Crippen molar-refractivity contribution in [3.63, 3.8) is 0 Å². The average molecular weight is 296 g/mol. The molecule has 1 aliphatic rings. The molecule has 3 rings (SSSR count). The number of piperidine rings is 1. The maximum Gasteiger partial charge on any atom is 0.241 e. The van der Waals surface area contributed by atoms with Gasteiger partial charge in [0.2, 0.25) is 5.91 Å². The SMILES string of the molecule is CC1CCN([C@@H](C)C(=O)Nc2cccc3ccccc23)CC1. The number of amides is 1. The minimum Gasteiger partial charge on any atom is -0.324 e. The molecule has 0 unspecified atom stereocenters. The Labute approximate surface area is 132 Å². The van der Waals surface area contributed by atoms with E-state index in [1.807, 2.05) is 31.2 Å². The third-order valence-electron chi connectivity index (χ3n) is 4.79. The van der Waals surface area contributed by atoms with E-state index >= 15 is 0 Å². The van der Waals surface area contributed by atoms with E-state index in [9.17, 15) is 4.79 Å². The molecule has 0 radical (unpaired) electrons. The molecule has 3 heteroatoms. The molecule has 2 aromatic carbocycles. The van der Waals surface area contributed by atoms with E-state index in [1.54, 1.807) is 0 Å². The third kappa shape index (κ3) is 3.14. The Hall–Kier alpha value is -1.87. The lowest BCUT2D eigenvalue weighted by Crippen LogP contribution is -2.45. The van der Waals surface area contributed by atoms with Gasteiger partial charge in [-0.25, -0.2) is 0 Å². The summed E-state index contributed by atoms with van der Waals surface area (Å²) in [5, 5.41) is 5.36. The molecule has 0 aromatic heterocycles. The molecule has 0 bridgehead atoms. The summed E-state index contributed by atoms with van der Waals surface area (Å²) in [6, 6.07) is 14.1. The summed E-state index contributed by atoms with van der Waals surface area (Å²) < 4.78 is 0. The number of likely N-dealkylation sites (tertiary alicyclic amines) is 1. The van der Waals surface area contributed by atoms with Crippen LogP contribution in [0.25, 0.3) is 10.8 Å². The van der Waals surface area contributed by atoms with Crippen LogP contribution >= 0.6 is 0 Å². The summed E-state index contributed by atoms with van der Waals surface area (Å²) in [6.07, 6.45) is 2.37. The molecule has 22 heavy (non-hydrogen) atoms. The van der Waals surface area contributed by atoms with Crippen molar-refractivity contribution < 1.29 is 4.79 Å². The van der Waals surface area contributed by atoms with E-state index in [4.69, 9.17) is 0 Å². The van der Waals surface area contributed by atoms with Gasteiger partial charge in [-0.15, -0.1) is 0 Å². The van der Waals surface area contributed by atoms with Gasteiger partial charge in [0.1, 0.15) is 0 Å². The van der Waals surface area contributed by atoms with Crippen LogP contribution in [0.2, 0.25) is 0 Å². The van der Waals surface area contributed by atoms with Gasteiger partial charge >= 0.3 is 0 Å². The van der Waals surface area contributed by atoms with Crippen LogP contribution in [0.15, 0.2) is 42.5 Å². The Kier molecular flexibility index (Phi) is 4.44. The second kappa shape index (κ2) is 6.49. The number of rotatable bonds is 3. The van der Waals surface area contributed by atoms with E-state index in [1.165, 1.54) is 12.8 Å². The molecule has 0 saturated carbocycles. The minimum atomic E-state index is -0.0773. The number of anilines is 1. The van der Waals surface area contributed by atoms with Crippen LogP contribution in [0.4, 0.5) is 5.69 Å². The summed E-state index contributed by atoms with van der Waals surface area (Å²) in [6.45, 7) is 6.34. The van der Waals surface area contributed by atoms with Gasteiger partial charge in [0, 0.05) is 11.1 Å². The van der Waals surface area contributed by atoms with Gasteiger partial charge in [0.15, 0.2) is 0 Å². The number of benzene rings is 2. The second-order valence-electron chi connectivity index (χ2n) is 6.41. The van der Waals surface area contributed by atoms with Gasteiger partial charge < -0.3 is 5.32 Å². The number of nitrogens with zero attached hydrogens (tertiary/aromatic N) is 1. The Bertz CT molecular complexity index is 654. The van der Waals surface area contributed by atoms with Crippen LogP contribution in [0.1, 0.15) is 26.7 Å². The molecule has 116 valence electrons. The summed E-state index contributed by atoms with van der Waals surface area (Å²) in [4.78, 5) is 14.9. The molecule has 1 saturated heterocycles. The topological polar surface area (TPSA) is 32.3 Å². The summed E-state index contributed by atoms with van der Waals surface area (Å²) in [5.74, 6) is 0.871. The molecule has 2 aromatic rings. The molecule has 1 amide bonds. The molecule has 0 spiro atoms. The molecule has 1 aliphatic heterocycles. The number of nitrogens with one attached hydrogen (secondary N) is 1. The molecule has 1 atom stereocenters. The number of hydrogen-bond donors (Lipinski definition) is 1. The van der Waals surface area contributed by atoms with Crippen LogP contribution in [0, 0.1) is 5.92 Å². The van der Waals surface area contributed by atoms with Crippen molar-refractivity contribution in [3.05, 3.63) is 42.5 Å². The van der Waals surface area contributed by atoms with Crippen LogP contribution < -0.4 is 5.32 Å². The smallest absolute Gasteiger partial charge is 0.241 e. The maximum atomic E-state index is 12.6. The molecular formula is C19H24N2O. The fourth-order valence-corrected chi connectivity index (χ4v) is 3.15. The fourth-order valence-electron chi connectivity index (χ4n) is 3.15. The zero-order chi connectivity index (χ0) is 15.5. The van der Waals surface area contributed by atoms with E-state index in [2.05, 4.69) is 35.3 Å². The van der Waals surface area contributed by atoms with E-state index in [0.29, 0.717) is 0 Å². The van der Waals surface area contributed by atoms with Gasteiger partial charge in [-0.1, -0.05) is 43.3 Å². The standard InChI is InChI=1S/C19H24N2O/c1-14-10-12-21(13-11-14)15(2)19(22)20-18-9-5-7-16-6-3-4-8-17(16)18/h3-9,14-15H,10-13H2,1-2H3,(H,20,22)/t15-/m0/s1. The van der Waals surface area contributed by atoms with Gasteiger partial charge in [-0.05, 0) is 50.2 Å². The van der Waals surface area contributed by atoms with Crippen molar-refractivity contribution in [2.75, 3.05) is 18.4 Å². The number of carbonyl (C=O) groups excluding carboxylic acids is 1. The van der Waals surface area contributed by atoms with E-state index in [0.717, 1.165) is 35.5 Å². The molecule has 3 nitrogen and oxygen atoms in total. The first kappa shape index (κ1) is 15.0. The minimum absolute atomic E-state index is 0.0773. The highest BCUT2D eigenvalue weighted by Crippen LogP contribution is 2.24. The Balaban J connectivity index is 1.73. The fraction of sp³-hybridized carbons (Fsp3) is 0.421. The molecule has 1 fully saturated rings. The van der Waals surface area contributed by atoms with Crippen molar-refractivity contribution >= 4 is 22.4 Å². The predicted molar refractivity (Wildman–Crippen MR) is 92.0 cm³/mol. The summed E-state index contributed by atoms with van der Waals surface area (Å²) in [5.41, 5.74) is 0.903. The number of carbonyl (C=O) groups is 1. The zero-order valence-electron chi connectivity index (χ0n) is 13.4. The first-order chi connectivity index (χ1) is 10.6. The molecule has 1 heterocycles. The van der Waals surface area contributed by atoms with Crippen molar-refractivity contribution in [1.29, 1.82) is 0 Å². The van der Waals surface area contributed by atoms with Crippen LogP contribution in [-0.4, -0.2) is 29.9 Å². The van der Waals surface area contributed by atoms with E-state index in [-0.39, 0.29) is 11.9 Å². The van der Waals surface area contributed by atoms with Gasteiger partial charge in [-0.2, -0.15) is 0 Å². The summed E-state index contributed by atoms with van der Waals surface area (Å²) in [7, 11) is 0. The number of fused-ring (bicyclic) bond motifs is 1. The van der Waals surface area contributed by atoms with Crippen LogP contribution in [0.5, 0.6) is 0 Å². The van der Waals surface area contributed by atoms with Crippen LogP contribution in [0.3, 0.4) is 0 Å². The van der Waals surface area contributed by atoms with Gasteiger partial charge in [0.25, 0.3) is 0 Å². The Morgan fingerprint density at radius 2 is 1.82 bits per heavy atom. The lowest BCUT2D eigenvalue weighted by atomic mass is 9.98.